The summed E-state index contributed by atoms with van der Waals surface area (Å²) < 4.78 is 74.6. The van der Waals surface area contributed by atoms with E-state index in [1.165, 1.54) is 455 Å². The first-order valence-corrected chi connectivity index (χ1v) is 63.9. The van der Waals surface area contributed by atoms with E-state index in [2.05, 4.69) is 138 Å². The fourth-order valence-electron chi connectivity index (χ4n) is 19.9. The molecule has 0 spiro atoms. The molecule has 0 aromatic carbocycles. The standard InChI is InChI=1S/C56H94B2O4S4.C44H70Br2S4.C12H24B2O4/c1-11-13-15-17-19-21-23-25-27-29-31-33-35-37-39-41-43-45-47(65-51(43)57-59-53(3,4)54(5,6)60-57)49-50(63-45)48-46(64-49)44(52(66-48)58-61-55(7,8)56(9,10)62-58)42-40-38-36-34-32-30-28-26-24-22-20-18-16-14-12-2;1-3-5-7-9-11-13-15-17-19-21-23-25-27-29-31-33-35-37-39(49-43(35)45)41-42(47-37)40-38(48-41)36(44(46)50-40)34-32-30-28-26-24-22-20-18-16-14-12-10-8-6-4-2;1-9(2)10(3,4)16-13(15-9)14-17-11(5,6)12(7,8)18-14/h11-42H2,1-10H3;3-34H2,1-2H3;1-8H3. The van der Waals surface area contributed by atoms with E-state index in [0.717, 1.165) is 12.8 Å². The minimum absolute atomic E-state index is 0.308. The summed E-state index contributed by atoms with van der Waals surface area (Å²) in [7, 11) is -1.57. The Morgan fingerprint density at radius 2 is 0.313 bits per heavy atom. The first-order chi connectivity index (χ1) is 64.2. The van der Waals surface area contributed by atoms with Crippen molar-refractivity contribution < 1.29 is 37.2 Å². The van der Waals surface area contributed by atoms with Crippen LogP contribution >= 0.6 is 123 Å². The molecule has 0 aliphatic carbocycles. The van der Waals surface area contributed by atoms with Gasteiger partial charge in [0.25, 0.3) is 0 Å². The molecular weight excluding hydrogens is 1930 g/mol. The van der Waals surface area contributed by atoms with Gasteiger partial charge in [-0.2, -0.15) is 0 Å². The van der Waals surface area contributed by atoms with Gasteiger partial charge in [0, 0.05) is 9.55 Å². The smallest absolute Gasteiger partial charge is 0.405 e. The molecule has 4 saturated heterocycles. The summed E-state index contributed by atoms with van der Waals surface area (Å²) in [4.78, 5) is 0. The molecule has 8 nitrogen and oxygen atoms in total. The van der Waals surface area contributed by atoms with E-state index in [-0.39, 0.29) is 59.0 Å². The van der Waals surface area contributed by atoms with Crippen molar-refractivity contribution in [2.45, 2.75) is 594 Å². The summed E-state index contributed by atoms with van der Waals surface area (Å²) in [6.07, 6.45) is 89.3. The first kappa shape index (κ1) is 116. The van der Waals surface area contributed by atoms with Gasteiger partial charge in [-0.1, -0.05) is 387 Å². The Balaban J connectivity index is 0.000000239. The van der Waals surface area contributed by atoms with Gasteiger partial charge in [-0.25, -0.2) is 0 Å². The molecule has 134 heavy (non-hydrogen) atoms. The van der Waals surface area contributed by atoms with E-state index in [4.69, 9.17) is 37.2 Å². The maximum atomic E-state index is 6.79. The fraction of sp³-hybridized carbons (Fsp3) is 0.821. The van der Waals surface area contributed by atoms with E-state index in [1.54, 1.807) is 39.3 Å². The summed E-state index contributed by atoms with van der Waals surface area (Å²) in [6.45, 7) is 43.0. The third kappa shape index (κ3) is 33.5. The maximum absolute atomic E-state index is 6.79. The quantitative estimate of drug-likeness (QED) is 0.0276. The maximum Gasteiger partial charge on any atom is 0.505 e. The highest BCUT2D eigenvalue weighted by molar-refractivity contribution is 9.11. The highest BCUT2D eigenvalue weighted by Gasteiger charge is 2.64. The molecule has 0 amide bonds. The SMILES string of the molecule is CC1(C)OB(B2OC(C)(C)C(C)(C)O2)OC1(C)C.CCCCCCCCCCCCCCCCCc1c(B2OC(C)(C)C(C)(C)O2)sc2c1sc1c3sc(B4OC(C)(C)C(C)(C)O4)c(CCCCCCCCCCCCCCCCC)c3sc21.CCCCCCCCCCCCCCCCCc1c(Br)sc2c1sc1c3sc(Br)c(CCCCCCCCCCCCCCCCC)c3sc21. The van der Waals surface area contributed by atoms with Crippen LogP contribution < -0.4 is 9.55 Å². The molecule has 12 heterocycles. The van der Waals surface area contributed by atoms with Crippen molar-refractivity contribution in [2.24, 2.45) is 0 Å². The van der Waals surface area contributed by atoms with Crippen LogP contribution in [0.5, 0.6) is 0 Å². The second-order valence-corrected chi connectivity index (χ2v) is 56.0. The zero-order chi connectivity index (χ0) is 96.4. The normalized spacial score (nSPS) is 17.6. The second kappa shape index (κ2) is 58.0. The Hall–Kier alpha value is 0.0597. The molecule has 0 N–H and O–H groups in total. The topological polar surface area (TPSA) is 73.8 Å². The van der Waals surface area contributed by atoms with Gasteiger partial charge in [-0.3, -0.25) is 0 Å². The van der Waals surface area contributed by atoms with Crippen LogP contribution in [-0.4, -0.2) is 73.1 Å². The van der Waals surface area contributed by atoms with Crippen molar-refractivity contribution in [1.29, 1.82) is 0 Å². The molecular formula is C112H188B4Br2O8S8. The van der Waals surface area contributed by atoms with Crippen molar-refractivity contribution in [3.05, 3.63) is 29.8 Å². The number of rotatable bonds is 67. The molecule has 8 aromatic heterocycles. The largest absolute Gasteiger partial charge is 0.505 e. The molecule has 22 heteroatoms. The lowest BCUT2D eigenvalue weighted by molar-refractivity contribution is 0.00578. The van der Waals surface area contributed by atoms with Crippen LogP contribution in [0.4, 0.5) is 0 Å². The second-order valence-electron chi connectivity index (χ2n) is 45.2. The zero-order valence-electron chi connectivity index (χ0n) is 88.9. The van der Waals surface area contributed by atoms with Crippen LogP contribution in [0, 0.1) is 0 Å². The Bertz CT molecular complexity index is 4280. The lowest BCUT2D eigenvalue weighted by Crippen LogP contribution is -2.41. The fourth-order valence-corrected chi connectivity index (χ4v) is 33.8. The molecule has 0 bridgehead atoms. The average Bonchev–Trinajstić information content (AvgIpc) is 1.55. The number of aryl methyl sites for hydroxylation is 4. The molecule has 0 atom stereocenters. The highest BCUT2D eigenvalue weighted by Crippen LogP contribution is 2.56. The van der Waals surface area contributed by atoms with Crippen LogP contribution in [0.2, 0.25) is 0 Å². The summed E-state index contributed by atoms with van der Waals surface area (Å²) in [5, 5.41) is 0. The van der Waals surface area contributed by atoms with Gasteiger partial charge >= 0.3 is 28.3 Å². The van der Waals surface area contributed by atoms with Crippen molar-refractivity contribution >= 4 is 217 Å². The predicted octanol–water partition coefficient (Wildman–Crippen LogP) is 40.8. The summed E-state index contributed by atoms with van der Waals surface area (Å²) >= 11 is 24.2. The number of hydrogen-bond acceptors (Lipinski definition) is 16. The van der Waals surface area contributed by atoms with E-state index in [9.17, 15) is 0 Å². The van der Waals surface area contributed by atoms with E-state index in [0.29, 0.717) is 0 Å². The van der Waals surface area contributed by atoms with Gasteiger partial charge in [-0.05, 0) is 216 Å². The van der Waals surface area contributed by atoms with Crippen LogP contribution in [0.3, 0.4) is 0 Å². The number of hydrogen-bond donors (Lipinski definition) is 0. The third-order valence-corrected chi connectivity index (χ3v) is 44.6. The van der Waals surface area contributed by atoms with Crippen molar-refractivity contribution in [2.75, 3.05) is 0 Å². The summed E-state index contributed by atoms with van der Waals surface area (Å²) in [5.41, 5.74) is 3.31. The van der Waals surface area contributed by atoms with Gasteiger partial charge in [0.2, 0.25) is 0 Å². The molecule has 758 valence electrons. The zero-order valence-corrected chi connectivity index (χ0v) is 98.6. The Kier molecular flexibility index (Phi) is 50.2. The first-order valence-electron chi connectivity index (χ1n) is 55.8. The lowest BCUT2D eigenvalue weighted by atomic mass is 9.49. The number of unbranched alkanes of at least 4 members (excludes halogenated alkanes) is 56. The van der Waals surface area contributed by atoms with Crippen LogP contribution in [-0.2, 0) is 62.9 Å². The monoisotopic (exact) mass is 2120 g/mol. The molecule has 0 unspecified atom stereocenters. The van der Waals surface area contributed by atoms with Crippen LogP contribution in [0.15, 0.2) is 7.57 Å². The van der Waals surface area contributed by atoms with Gasteiger partial charge in [0.15, 0.2) is 0 Å². The Morgan fingerprint density at radius 3 is 0.500 bits per heavy atom. The minimum atomic E-state index is -0.476. The van der Waals surface area contributed by atoms with Crippen molar-refractivity contribution in [3.63, 3.8) is 0 Å². The summed E-state index contributed by atoms with van der Waals surface area (Å²) in [6, 6.07) is 0. The summed E-state index contributed by atoms with van der Waals surface area (Å²) in [5.74, 6) is 0. The number of halogens is 2. The molecule has 4 fully saturated rings. The van der Waals surface area contributed by atoms with Crippen molar-refractivity contribution in [1.82, 2.24) is 0 Å². The molecule has 12 rings (SSSR count). The van der Waals surface area contributed by atoms with Gasteiger partial charge < -0.3 is 37.2 Å². The van der Waals surface area contributed by atoms with Gasteiger partial charge in [-0.15, -0.1) is 90.7 Å². The van der Waals surface area contributed by atoms with Crippen LogP contribution in [0.1, 0.15) is 546 Å². The Labute approximate surface area is 869 Å². The van der Waals surface area contributed by atoms with E-state index >= 15 is 0 Å². The predicted molar refractivity (Wildman–Crippen MR) is 614 cm³/mol. The van der Waals surface area contributed by atoms with Crippen molar-refractivity contribution in [3.8, 4) is 0 Å². The molecule has 0 saturated carbocycles. The Morgan fingerprint density at radius 1 is 0.172 bits per heavy atom. The van der Waals surface area contributed by atoms with Gasteiger partial charge in [0.1, 0.15) is 0 Å². The van der Waals surface area contributed by atoms with Gasteiger partial charge in [0.05, 0.1) is 109 Å². The van der Waals surface area contributed by atoms with E-state index < -0.39 is 14.0 Å². The molecule has 4 aliphatic rings. The lowest BCUT2D eigenvalue weighted by Gasteiger charge is -2.32. The number of thiophene rings is 8. The highest BCUT2D eigenvalue weighted by atomic mass is 79.9. The van der Waals surface area contributed by atoms with Crippen LogP contribution in [0.25, 0.3) is 56.4 Å². The average molecular weight is 2120 g/mol. The number of fused-ring (bicyclic) bond motifs is 10. The molecule has 8 aromatic rings. The third-order valence-electron chi connectivity index (χ3n) is 31.7. The molecule has 0 radical (unpaired) electrons. The molecule has 4 aliphatic heterocycles. The van der Waals surface area contributed by atoms with E-state index in [1.807, 2.05) is 123 Å². The minimum Gasteiger partial charge on any atom is -0.405 e.